The van der Waals surface area contributed by atoms with Gasteiger partial charge in [0.1, 0.15) is 5.69 Å². The van der Waals surface area contributed by atoms with Crippen LogP contribution in [0.25, 0.3) is 10.9 Å². The first-order chi connectivity index (χ1) is 10.1. The molecule has 0 aliphatic heterocycles. The molecule has 3 aromatic rings. The first-order valence-electron chi connectivity index (χ1n) is 6.28. The number of anilines is 1. The minimum atomic E-state index is -0.309. The first kappa shape index (κ1) is 13.6. The van der Waals surface area contributed by atoms with E-state index in [1.54, 1.807) is 18.5 Å². The van der Waals surface area contributed by atoms with E-state index in [0.717, 1.165) is 21.1 Å². The number of aryl methyl sites for hydroxylation is 1. The summed E-state index contributed by atoms with van der Waals surface area (Å²) in [5.41, 5.74) is 2.40. The summed E-state index contributed by atoms with van der Waals surface area (Å²) in [6, 6.07) is 7.47. The molecule has 6 heteroatoms. The topological polar surface area (TPSA) is 67.8 Å². The molecule has 0 fully saturated rings. The quantitative estimate of drug-likeness (QED) is 0.775. The lowest BCUT2D eigenvalue weighted by molar-refractivity contribution is 0.102. The van der Waals surface area contributed by atoms with Gasteiger partial charge in [-0.05, 0) is 25.1 Å². The van der Waals surface area contributed by atoms with Crippen LogP contribution in [0.15, 0.2) is 47.3 Å². The van der Waals surface area contributed by atoms with E-state index in [1.165, 1.54) is 6.20 Å². The van der Waals surface area contributed by atoms with Gasteiger partial charge in [-0.25, -0.2) is 4.98 Å². The van der Waals surface area contributed by atoms with Crippen LogP contribution in [0.3, 0.4) is 0 Å². The van der Waals surface area contributed by atoms with Crippen LogP contribution in [-0.2, 0) is 0 Å². The van der Waals surface area contributed by atoms with Gasteiger partial charge in [-0.3, -0.25) is 14.8 Å². The van der Waals surface area contributed by atoms with Gasteiger partial charge in [0.05, 0.1) is 23.1 Å². The molecule has 104 valence electrons. The Morgan fingerprint density at radius 2 is 2.00 bits per heavy atom. The lowest BCUT2D eigenvalue weighted by Crippen LogP contribution is -2.14. The van der Waals surface area contributed by atoms with Gasteiger partial charge in [-0.1, -0.05) is 22.0 Å². The Labute approximate surface area is 129 Å². The van der Waals surface area contributed by atoms with Gasteiger partial charge < -0.3 is 5.32 Å². The maximum Gasteiger partial charge on any atom is 0.275 e. The highest BCUT2D eigenvalue weighted by Gasteiger charge is 2.11. The largest absolute Gasteiger partial charge is 0.319 e. The van der Waals surface area contributed by atoms with Gasteiger partial charge in [0.25, 0.3) is 5.91 Å². The van der Waals surface area contributed by atoms with E-state index in [2.05, 4.69) is 36.2 Å². The lowest BCUT2D eigenvalue weighted by Gasteiger charge is -2.08. The molecule has 2 heterocycles. The van der Waals surface area contributed by atoms with E-state index in [-0.39, 0.29) is 11.6 Å². The number of hydrogen-bond acceptors (Lipinski definition) is 4. The highest BCUT2D eigenvalue weighted by molar-refractivity contribution is 9.10. The normalized spacial score (nSPS) is 10.6. The molecule has 0 aliphatic rings. The summed E-state index contributed by atoms with van der Waals surface area (Å²) >= 11 is 3.48. The number of benzene rings is 1. The second kappa shape index (κ2) is 5.57. The molecule has 0 spiro atoms. The van der Waals surface area contributed by atoms with E-state index < -0.39 is 0 Å². The van der Waals surface area contributed by atoms with E-state index >= 15 is 0 Å². The van der Waals surface area contributed by atoms with Crippen LogP contribution in [0.2, 0.25) is 0 Å². The second-order valence-electron chi connectivity index (χ2n) is 4.49. The average Bonchev–Trinajstić information content (AvgIpc) is 2.51. The number of amides is 1. The summed E-state index contributed by atoms with van der Waals surface area (Å²) in [4.78, 5) is 24.7. The zero-order valence-electron chi connectivity index (χ0n) is 11.2. The summed E-state index contributed by atoms with van der Waals surface area (Å²) in [6.45, 7) is 1.82. The molecule has 0 atom stereocenters. The third-order valence-corrected chi connectivity index (χ3v) is 3.67. The molecule has 1 aromatic carbocycles. The van der Waals surface area contributed by atoms with Crippen LogP contribution in [0, 0.1) is 6.92 Å². The number of nitrogens with one attached hydrogen (secondary N) is 1. The third-order valence-electron chi connectivity index (χ3n) is 2.98. The van der Waals surface area contributed by atoms with Crippen molar-refractivity contribution in [3.63, 3.8) is 0 Å². The maximum absolute atomic E-state index is 12.2. The summed E-state index contributed by atoms with van der Waals surface area (Å²) < 4.78 is 0.929. The molecule has 0 bridgehead atoms. The average molecular weight is 343 g/mol. The SMILES string of the molecule is Cc1cnc(C(=O)Nc2ccc(Br)c3cccnc23)cn1. The van der Waals surface area contributed by atoms with Gasteiger partial charge in [-0.15, -0.1) is 0 Å². The molecule has 21 heavy (non-hydrogen) atoms. The molecule has 0 radical (unpaired) electrons. The van der Waals surface area contributed by atoms with E-state index in [1.807, 2.05) is 25.1 Å². The standard InChI is InChI=1S/C15H11BrN4O/c1-9-7-19-13(8-18-9)15(21)20-12-5-4-11(16)10-3-2-6-17-14(10)12/h2-8H,1H3,(H,20,21). The van der Waals surface area contributed by atoms with Gasteiger partial charge in [0.2, 0.25) is 0 Å². The zero-order chi connectivity index (χ0) is 14.8. The zero-order valence-corrected chi connectivity index (χ0v) is 12.8. The molecule has 1 amide bonds. The second-order valence-corrected chi connectivity index (χ2v) is 5.35. The summed E-state index contributed by atoms with van der Waals surface area (Å²) in [6.07, 6.45) is 4.71. The molecule has 2 aromatic heterocycles. The van der Waals surface area contributed by atoms with Gasteiger partial charge >= 0.3 is 0 Å². The number of carbonyl (C=O) groups is 1. The van der Waals surface area contributed by atoms with Crippen LogP contribution in [-0.4, -0.2) is 20.9 Å². The summed E-state index contributed by atoms with van der Waals surface area (Å²) in [5, 5.41) is 3.76. The van der Waals surface area contributed by atoms with Crippen molar-refractivity contribution in [2.75, 3.05) is 5.32 Å². The smallest absolute Gasteiger partial charge is 0.275 e. The van der Waals surface area contributed by atoms with Crippen molar-refractivity contribution in [1.82, 2.24) is 15.0 Å². The Morgan fingerprint density at radius 1 is 1.14 bits per heavy atom. The van der Waals surface area contributed by atoms with Crippen molar-refractivity contribution in [3.8, 4) is 0 Å². The number of fused-ring (bicyclic) bond motifs is 1. The maximum atomic E-state index is 12.2. The third kappa shape index (κ3) is 2.75. The van der Waals surface area contributed by atoms with Crippen molar-refractivity contribution in [3.05, 3.63) is 58.7 Å². The van der Waals surface area contributed by atoms with Crippen molar-refractivity contribution < 1.29 is 4.79 Å². The lowest BCUT2D eigenvalue weighted by atomic mass is 10.2. The number of rotatable bonds is 2. The van der Waals surface area contributed by atoms with Crippen molar-refractivity contribution in [1.29, 1.82) is 0 Å². The van der Waals surface area contributed by atoms with Crippen molar-refractivity contribution in [2.45, 2.75) is 6.92 Å². The number of nitrogens with zero attached hydrogens (tertiary/aromatic N) is 3. The minimum Gasteiger partial charge on any atom is -0.319 e. The molecule has 5 nitrogen and oxygen atoms in total. The number of halogens is 1. The predicted molar refractivity (Wildman–Crippen MR) is 84.2 cm³/mol. The van der Waals surface area contributed by atoms with Gasteiger partial charge in [-0.2, -0.15) is 0 Å². The molecule has 0 saturated carbocycles. The Kier molecular flexibility index (Phi) is 3.62. The fraction of sp³-hybridized carbons (Fsp3) is 0.0667. The van der Waals surface area contributed by atoms with Crippen LogP contribution >= 0.6 is 15.9 Å². The van der Waals surface area contributed by atoms with E-state index in [0.29, 0.717) is 5.69 Å². The molecule has 0 saturated heterocycles. The van der Waals surface area contributed by atoms with E-state index in [4.69, 9.17) is 0 Å². The monoisotopic (exact) mass is 342 g/mol. The predicted octanol–water partition coefficient (Wildman–Crippen LogP) is 3.35. The Morgan fingerprint density at radius 3 is 2.76 bits per heavy atom. The molecule has 3 rings (SSSR count). The first-order valence-corrected chi connectivity index (χ1v) is 7.07. The molecule has 0 aliphatic carbocycles. The fourth-order valence-corrected chi connectivity index (χ4v) is 2.39. The number of carbonyl (C=O) groups excluding carboxylic acids is 1. The van der Waals surface area contributed by atoms with Crippen LogP contribution < -0.4 is 5.32 Å². The van der Waals surface area contributed by atoms with Gasteiger partial charge in [0.15, 0.2) is 0 Å². The number of hydrogen-bond donors (Lipinski definition) is 1. The van der Waals surface area contributed by atoms with Crippen LogP contribution in [0.1, 0.15) is 16.2 Å². The minimum absolute atomic E-state index is 0.271. The van der Waals surface area contributed by atoms with Crippen molar-refractivity contribution in [2.24, 2.45) is 0 Å². The molecular weight excluding hydrogens is 332 g/mol. The highest BCUT2D eigenvalue weighted by Crippen LogP contribution is 2.28. The van der Waals surface area contributed by atoms with Gasteiger partial charge in [0, 0.05) is 22.3 Å². The summed E-state index contributed by atoms with van der Waals surface area (Å²) in [7, 11) is 0. The molecular formula is C15H11BrN4O. The highest BCUT2D eigenvalue weighted by atomic mass is 79.9. The fourth-order valence-electron chi connectivity index (χ4n) is 1.93. The summed E-state index contributed by atoms with van der Waals surface area (Å²) in [5.74, 6) is -0.309. The number of aromatic nitrogens is 3. The number of pyridine rings is 1. The Balaban J connectivity index is 1.97. The van der Waals surface area contributed by atoms with E-state index in [9.17, 15) is 4.79 Å². The molecule has 0 unspecified atom stereocenters. The molecule has 1 N–H and O–H groups in total. The van der Waals surface area contributed by atoms with Crippen molar-refractivity contribution >= 4 is 38.4 Å². The Hall–Kier alpha value is -2.34. The van der Waals surface area contributed by atoms with Crippen LogP contribution in [0.5, 0.6) is 0 Å². The Bertz CT molecular complexity index is 818. The van der Waals surface area contributed by atoms with Crippen LogP contribution in [0.4, 0.5) is 5.69 Å².